The number of nitrogens with two attached hydrogens (primary N) is 1. The highest BCUT2D eigenvalue weighted by atomic mass is 32.2. The maximum absolute atomic E-state index is 10.8. The molecule has 1 aromatic carbocycles. The highest BCUT2D eigenvalue weighted by Crippen LogP contribution is 2.12. The molecule has 0 spiro atoms. The predicted molar refractivity (Wildman–Crippen MR) is 58.1 cm³/mol. The number of aromatic nitrogens is 3. The van der Waals surface area contributed by atoms with Gasteiger partial charge < -0.3 is 0 Å². The lowest BCUT2D eigenvalue weighted by atomic mass is 10.3. The second-order valence-corrected chi connectivity index (χ2v) is 4.33. The molecule has 0 bridgehead atoms. The highest BCUT2D eigenvalue weighted by molar-refractivity contribution is 7.90. The third-order valence-electron chi connectivity index (χ3n) is 1.81. The lowest BCUT2D eigenvalue weighted by Crippen LogP contribution is -2.21. The summed E-state index contributed by atoms with van der Waals surface area (Å²) < 4.78 is 25.2. The lowest BCUT2D eigenvalue weighted by molar-refractivity contribution is 0.603. The van der Waals surface area contributed by atoms with Crippen LogP contribution in [0.4, 0.5) is 5.69 Å². The van der Waals surface area contributed by atoms with Gasteiger partial charge in [0.2, 0.25) is 0 Å². The molecule has 0 unspecified atom stereocenters. The smallest absolute Gasteiger partial charge is 0.271 e. The molecule has 16 heavy (non-hydrogen) atoms. The first-order chi connectivity index (χ1) is 7.54. The molecule has 8 heteroatoms. The van der Waals surface area contributed by atoms with Crippen molar-refractivity contribution in [3.8, 4) is 5.69 Å². The van der Waals surface area contributed by atoms with Crippen LogP contribution >= 0.6 is 0 Å². The zero-order valence-corrected chi connectivity index (χ0v) is 8.92. The van der Waals surface area contributed by atoms with Crippen LogP contribution in [-0.4, -0.2) is 23.2 Å². The van der Waals surface area contributed by atoms with E-state index in [1.807, 2.05) is 0 Å². The first-order valence-electron chi connectivity index (χ1n) is 4.30. The number of nitrogens with zero attached hydrogens (tertiary/aromatic N) is 3. The van der Waals surface area contributed by atoms with Crippen LogP contribution in [0.25, 0.3) is 5.69 Å². The van der Waals surface area contributed by atoms with E-state index in [-0.39, 0.29) is 0 Å². The van der Waals surface area contributed by atoms with Gasteiger partial charge in [0.15, 0.2) is 0 Å². The molecule has 2 rings (SSSR count). The molecule has 0 amide bonds. The summed E-state index contributed by atoms with van der Waals surface area (Å²) in [4.78, 5) is 3.80. The number of hydrogen-bond donors (Lipinski definition) is 2. The van der Waals surface area contributed by atoms with Gasteiger partial charge in [0.25, 0.3) is 10.2 Å². The molecule has 0 radical (unpaired) electrons. The van der Waals surface area contributed by atoms with Crippen molar-refractivity contribution in [2.24, 2.45) is 5.14 Å². The van der Waals surface area contributed by atoms with Crippen molar-refractivity contribution >= 4 is 15.9 Å². The second-order valence-electron chi connectivity index (χ2n) is 3.03. The molecule has 7 nitrogen and oxygen atoms in total. The summed E-state index contributed by atoms with van der Waals surface area (Å²) in [5.41, 5.74) is 1.17. The Morgan fingerprint density at radius 1 is 1.25 bits per heavy atom. The molecule has 3 N–H and O–H groups in total. The van der Waals surface area contributed by atoms with Crippen LogP contribution < -0.4 is 9.86 Å². The molecule has 2 aromatic rings. The Morgan fingerprint density at radius 2 is 1.94 bits per heavy atom. The largest absolute Gasteiger partial charge is 0.296 e. The summed E-state index contributed by atoms with van der Waals surface area (Å²) in [6, 6.07) is 6.56. The fourth-order valence-electron chi connectivity index (χ4n) is 1.19. The molecule has 0 atom stereocenters. The quantitative estimate of drug-likeness (QED) is 0.779. The third kappa shape index (κ3) is 2.55. The van der Waals surface area contributed by atoms with Crippen molar-refractivity contribution in [2.75, 3.05) is 4.72 Å². The van der Waals surface area contributed by atoms with E-state index in [0.717, 1.165) is 5.69 Å². The summed E-state index contributed by atoms with van der Waals surface area (Å²) in [7, 11) is -3.73. The van der Waals surface area contributed by atoms with Crippen molar-refractivity contribution in [3.63, 3.8) is 0 Å². The monoisotopic (exact) mass is 239 g/mol. The summed E-state index contributed by atoms with van der Waals surface area (Å²) >= 11 is 0. The van der Waals surface area contributed by atoms with E-state index in [9.17, 15) is 8.42 Å². The average Bonchev–Trinajstić information content (AvgIpc) is 2.69. The van der Waals surface area contributed by atoms with Gasteiger partial charge in [-0.05, 0) is 24.3 Å². The van der Waals surface area contributed by atoms with Gasteiger partial charge in [0, 0.05) is 5.69 Å². The van der Waals surface area contributed by atoms with E-state index in [1.165, 1.54) is 6.33 Å². The van der Waals surface area contributed by atoms with E-state index in [1.54, 1.807) is 35.3 Å². The molecular formula is C8H9N5O2S. The third-order valence-corrected chi connectivity index (χ3v) is 2.33. The number of nitrogens with one attached hydrogen (secondary N) is 1. The SMILES string of the molecule is NS(=O)(=O)Nc1ccc(-n2cncn2)cc1. The molecule has 0 fully saturated rings. The Hall–Kier alpha value is -1.93. The van der Waals surface area contributed by atoms with Gasteiger partial charge in [-0.1, -0.05) is 0 Å². The van der Waals surface area contributed by atoms with Gasteiger partial charge >= 0.3 is 0 Å². The second kappa shape index (κ2) is 3.91. The van der Waals surface area contributed by atoms with Crippen LogP contribution in [0.15, 0.2) is 36.9 Å². The number of rotatable bonds is 3. The van der Waals surface area contributed by atoms with E-state index < -0.39 is 10.2 Å². The standard InChI is InChI=1S/C8H9N5O2S/c9-16(14,15)12-7-1-3-8(4-2-7)13-6-10-5-11-13/h1-6,12H,(H2,9,14,15). The van der Waals surface area contributed by atoms with Gasteiger partial charge in [0.05, 0.1) is 5.69 Å². The molecule has 1 aromatic heterocycles. The molecule has 0 saturated heterocycles. The van der Waals surface area contributed by atoms with E-state index in [2.05, 4.69) is 14.8 Å². The fourth-order valence-corrected chi connectivity index (χ4v) is 1.65. The normalized spacial score (nSPS) is 11.3. The molecule has 0 aliphatic carbocycles. The Bertz CT molecular complexity index is 561. The minimum absolute atomic E-state index is 0.395. The topological polar surface area (TPSA) is 103 Å². The first kappa shape index (κ1) is 10.6. The zero-order valence-electron chi connectivity index (χ0n) is 8.11. The van der Waals surface area contributed by atoms with Crippen LogP contribution in [0.3, 0.4) is 0 Å². The van der Waals surface area contributed by atoms with Gasteiger partial charge in [-0.15, -0.1) is 0 Å². The van der Waals surface area contributed by atoms with Gasteiger partial charge in [-0.25, -0.2) is 14.8 Å². The number of hydrogen-bond acceptors (Lipinski definition) is 4. The van der Waals surface area contributed by atoms with Gasteiger partial charge in [-0.3, -0.25) is 4.72 Å². The summed E-state index contributed by atoms with van der Waals surface area (Å²) in [5.74, 6) is 0. The first-order valence-corrected chi connectivity index (χ1v) is 5.85. The Morgan fingerprint density at radius 3 is 2.44 bits per heavy atom. The summed E-state index contributed by atoms with van der Waals surface area (Å²) in [6.07, 6.45) is 2.96. The predicted octanol–water partition coefficient (Wildman–Crippen LogP) is -0.117. The van der Waals surface area contributed by atoms with E-state index in [0.29, 0.717) is 5.69 Å². The zero-order chi connectivity index (χ0) is 11.6. The van der Waals surface area contributed by atoms with Crippen molar-refractivity contribution in [3.05, 3.63) is 36.9 Å². The maximum atomic E-state index is 10.8. The van der Waals surface area contributed by atoms with Crippen LogP contribution in [0.1, 0.15) is 0 Å². The summed E-state index contributed by atoms with van der Waals surface area (Å²) in [6.45, 7) is 0. The molecule has 84 valence electrons. The Balaban J connectivity index is 2.24. The molecule has 1 heterocycles. The van der Waals surface area contributed by atoms with Crippen molar-refractivity contribution < 1.29 is 8.42 Å². The molecule has 0 saturated carbocycles. The van der Waals surface area contributed by atoms with E-state index >= 15 is 0 Å². The number of anilines is 1. The van der Waals surface area contributed by atoms with E-state index in [4.69, 9.17) is 5.14 Å². The number of benzene rings is 1. The minimum atomic E-state index is -3.73. The molecule has 0 aliphatic rings. The van der Waals surface area contributed by atoms with Crippen molar-refractivity contribution in [1.82, 2.24) is 14.8 Å². The highest BCUT2D eigenvalue weighted by Gasteiger charge is 2.02. The summed E-state index contributed by atoms with van der Waals surface area (Å²) in [5, 5.41) is 8.77. The van der Waals surface area contributed by atoms with Gasteiger partial charge in [0.1, 0.15) is 12.7 Å². The van der Waals surface area contributed by atoms with Gasteiger partial charge in [-0.2, -0.15) is 13.5 Å². The van der Waals surface area contributed by atoms with Crippen molar-refractivity contribution in [2.45, 2.75) is 0 Å². The van der Waals surface area contributed by atoms with Crippen LogP contribution in [0, 0.1) is 0 Å². The van der Waals surface area contributed by atoms with Crippen molar-refractivity contribution in [1.29, 1.82) is 0 Å². The lowest BCUT2D eigenvalue weighted by Gasteiger charge is -2.04. The molecular weight excluding hydrogens is 230 g/mol. The van der Waals surface area contributed by atoms with Crippen LogP contribution in [0.2, 0.25) is 0 Å². The molecule has 0 aliphatic heterocycles. The Labute approximate surface area is 92.1 Å². The van der Waals surface area contributed by atoms with Crippen LogP contribution in [0.5, 0.6) is 0 Å². The van der Waals surface area contributed by atoms with Crippen LogP contribution in [-0.2, 0) is 10.2 Å². The fraction of sp³-hybridized carbons (Fsp3) is 0. The maximum Gasteiger partial charge on any atom is 0.296 e. The average molecular weight is 239 g/mol. The minimum Gasteiger partial charge on any atom is -0.271 e. The Kier molecular flexibility index (Phi) is 2.59.